The summed E-state index contributed by atoms with van der Waals surface area (Å²) in [4.78, 5) is 15.0. The van der Waals surface area contributed by atoms with Crippen molar-refractivity contribution in [2.45, 2.75) is 76.3 Å². The minimum absolute atomic E-state index is 0.0576. The number of hydrogen-bond acceptors (Lipinski definition) is 2. The van der Waals surface area contributed by atoms with Crippen LogP contribution in [0, 0.1) is 0 Å². The van der Waals surface area contributed by atoms with Gasteiger partial charge >= 0.3 is 0 Å². The third-order valence-electron chi connectivity index (χ3n) is 5.55. The Balaban J connectivity index is 1.61. The van der Waals surface area contributed by atoms with Crippen LogP contribution in [0.25, 0.3) is 0 Å². The van der Waals surface area contributed by atoms with Crippen LogP contribution in [0.15, 0.2) is 30.3 Å². The fourth-order valence-electron chi connectivity index (χ4n) is 4.24. The minimum atomic E-state index is 0.0576. The first-order valence-electron chi connectivity index (χ1n) is 9.43. The maximum absolute atomic E-state index is 12.4. The van der Waals surface area contributed by atoms with E-state index in [0.717, 1.165) is 5.56 Å². The molecule has 3 heteroatoms. The predicted octanol–water partition coefficient (Wildman–Crippen LogP) is 4.34. The second kappa shape index (κ2) is 8.49. The molecule has 2 aliphatic rings. The summed E-state index contributed by atoms with van der Waals surface area (Å²) in [6.07, 6.45) is 13.4. The Morgan fingerprint density at radius 3 is 1.91 bits per heavy atom. The monoisotopic (exact) mass is 314 g/mol. The lowest BCUT2D eigenvalue weighted by Crippen LogP contribution is -2.50. The Morgan fingerprint density at radius 1 is 0.870 bits per heavy atom. The van der Waals surface area contributed by atoms with Gasteiger partial charge in [-0.3, -0.25) is 9.69 Å². The smallest absolute Gasteiger partial charge is 0.252 e. The summed E-state index contributed by atoms with van der Waals surface area (Å²) < 4.78 is 0. The zero-order valence-corrected chi connectivity index (χ0v) is 14.2. The number of hydrogen-bond donors (Lipinski definition) is 1. The van der Waals surface area contributed by atoms with E-state index in [-0.39, 0.29) is 5.91 Å². The van der Waals surface area contributed by atoms with Crippen LogP contribution in [-0.2, 0) is 0 Å². The summed E-state index contributed by atoms with van der Waals surface area (Å²) in [6.45, 7) is 0.711. The van der Waals surface area contributed by atoms with Gasteiger partial charge in [0.05, 0.1) is 6.67 Å². The summed E-state index contributed by atoms with van der Waals surface area (Å²) in [7, 11) is 0. The SMILES string of the molecule is O=C(NCN(C1CCCCC1)C1CCCCC1)c1ccccc1. The van der Waals surface area contributed by atoms with Gasteiger partial charge in [0.15, 0.2) is 0 Å². The molecule has 126 valence electrons. The molecule has 1 N–H and O–H groups in total. The summed E-state index contributed by atoms with van der Waals surface area (Å²) in [5, 5.41) is 3.18. The van der Waals surface area contributed by atoms with E-state index in [1.807, 2.05) is 30.3 Å². The molecule has 0 heterocycles. The quantitative estimate of drug-likeness (QED) is 0.820. The van der Waals surface area contributed by atoms with Gasteiger partial charge in [0.2, 0.25) is 0 Å². The second-order valence-electron chi connectivity index (χ2n) is 7.13. The van der Waals surface area contributed by atoms with Crippen LogP contribution in [0.4, 0.5) is 0 Å². The molecule has 2 fully saturated rings. The molecule has 0 unspecified atom stereocenters. The number of nitrogens with one attached hydrogen (secondary N) is 1. The van der Waals surface area contributed by atoms with Gasteiger partial charge in [0.1, 0.15) is 0 Å². The third kappa shape index (κ3) is 4.57. The van der Waals surface area contributed by atoms with Gasteiger partial charge in [-0.25, -0.2) is 0 Å². The van der Waals surface area contributed by atoms with E-state index in [4.69, 9.17) is 0 Å². The molecule has 3 nitrogen and oxygen atoms in total. The molecule has 0 radical (unpaired) electrons. The highest BCUT2D eigenvalue weighted by Gasteiger charge is 2.28. The first-order valence-corrected chi connectivity index (χ1v) is 9.43. The molecule has 1 amide bonds. The summed E-state index contributed by atoms with van der Waals surface area (Å²) in [5.41, 5.74) is 0.764. The number of amides is 1. The van der Waals surface area contributed by atoms with Crippen molar-refractivity contribution in [3.63, 3.8) is 0 Å². The molecule has 0 spiro atoms. The lowest BCUT2D eigenvalue weighted by atomic mass is 9.89. The Kier molecular flexibility index (Phi) is 6.09. The Hall–Kier alpha value is -1.35. The second-order valence-corrected chi connectivity index (χ2v) is 7.13. The topological polar surface area (TPSA) is 32.3 Å². The van der Waals surface area contributed by atoms with Crippen LogP contribution < -0.4 is 5.32 Å². The molecule has 1 aromatic carbocycles. The lowest BCUT2D eigenvalue weighted by Gasteiger charge is -2.41. The van der Waals surface area contributed by atoms with Crippen LogP contribution in [-0.4, -0.2) is 29.6 Å². The molecule has 3 rings (SSSR count). The van der Waals surface area contributed by atoms with Gasteiger partial charge in [-0.15, -0.1) is 0 Å². The van der Waals surface area contributed by atoms with Gasteiger partial charge in [-0.1, -0.05) is 56.7 Å². The number of carbonyl (C=O) groups is 1. The van der Waals surface area contributed by atoms with E-state index in [1.165, 1.54) is 64.2 Å². The third-order valence-corrected chi connectivity index (χ3v) is 5.55. The highest BCUT2D eigenvalue weighted by Crippen LogP contribution is 2.29. The zero-order valence-electron chi connectivity index (χ0n) is 14.2. The molecule has 23 heavy (non-hydrogen) atoms. The average Bonchev–Trinajstić information content (AvgIpc) is 2.64. The minimum Gasteiger partial charge on any atom is -0.339 e. The molecule has 2 saturated carbocycles. The molecule has 0 aliphatic heterocycles. The standard InChI is InChI=1S/C20H30N2O/c23-20(17-10-4-1-5-11-17)21-16-22(18-12-6-2-7-13-18)19-14-8-3-9-15-19/h1,4-5,10-11,18-19H,2-3,6-9,12-16H2,(H,21,23). The largest absolute Gasteiger partial charge is 0.339 e. The molecule has 0 saturated heterocycles. The first kappa shape index (κ1) is 16.5. The maximum Gasteiger partial charge on any atom is 0.252 e. The highest BCUT2D eigenvalue weighted by molar-refractivity contribution is 5.94. The molecule has 0 aromatic heterocycles. The van der Waals surface area contributed by atoms with Crippen molar-refractivity contribution < 1.29 is 4.79 Å². The fraction of sp³-hybridized carbons (Fsp3) is 0.650. The normalized spacial score (nSPS) is 20.6. The predicted molar refractivity (Wildman–Crippen MR) is 94.4 cm³/mol. The summed E-state index contributed by atoms with van der Waals surface area (Å²) >= 11 is 0. The molecular formula is C20H30N2O. The van der Waals surface area contributed by atoms with Gasteiger partial charge in [0, 0.05) is 17.6 Å². The van der Waals surface area contributed by atoms with Gasteiger partial charge in [-0.05, 0) is 37.8 Å². The number of benzene rings is 1. The lowest BCUT2D eigenvalue weighted by molar-refractivity contribution is 0.0641. The van der Waals surface area contributed by atoms with Crippen molar-refractivity contribution in [2.75, 3.05) is 6.67 Å². The van der Waals surface area contributed by atoms with E-state index in [9.17, 15) is 4.79 Å². The van der Waals surface area contributed by atoms with E-state index in [0.29, 0.717) is 18.8 Å². The molecular weight excluding hydrogens is 284 g/mol. The van der Waals surface area contributed by atoms with Crippen LogP contribution in [0.1, 0.15) is 74.6 Å². The molecule has 2 aliphatic carbocycles. The first-order chi connectivity index (χ1) is 11.3. The van der Waals surface area contributed by atoms with Crippen molar-refractivity contribution >= 4 is 5.91 Å². The van der Waals surface area contributed by atoms with Crippen LogP contribution in [0.3, 0.4) is 0 Å². The highest BCUT2D eigenvalue weighted by atomic mass is 16.1. The Bertz CT molecular complexity index is 458. The summed E-state index contributed by atoms with van der Waals surface area (Å²) in [6, 6.07) is 10.9. The van der Waals surface area contributed by atoms with Gasteiger partial charge in [0.25, 0.3) is 5.91 Å². The van der Waals surface area contributed by atoms with Crippen molar-refractivity contribution in [1.82, 2.24) is 10.2 Å². The van der Waals surface area contributed by atoms with E-state index >= 15 is 0 Å². The van der Waals surface area contributed by atoms with Crippen molar-refractivity contribution in [3.05, 3.63) is 35.9 Å². The molecule has 0 bridgehead atoms. The van der Waals surface area contributed by atoms with Gasteiger partial charge in [-0.2, -0.15) is 0 Å². The molecule has 0 atom stereocenters. The van der Waals surface area contributed by atoms with Crippen molar-refractivity contribution in [1.29, 1.82) is 0 Å². The number of rotatable bonds is 5. The van der Waals surface area contributed by atoms with Crippen molar-refractivity contribution in [2.24, 2.45) is 0 Å². The number of carbonyl (C=O) groups excluding carboxylic acids is 1. The average molecular weight is 314 g/mol. The van der Waals surface area contributed by atoms with E-state index in [1.54, 1.807) is 0 Å². The van der Waals surface area contributed by atoms with Crippen LogP contribution in [0.2, 0.25) is 0 Å². The van der Waals surface area contributed by atoms with Crippen LogP contribution in [0.5, 0.6) is 0 Å². The maximum atomic E-state index is 12.4. The van der Waals surface area contributed by atoms with Gasteiger partial charge < -0.3 is 5.32 Å². The van der Waals surface area contributed by atoms with Crippen molar-refractivity contribution in [3.8, 4) is 0 Å². The number of nitrogens with zero attached hydrogens (tertiary/aromatic N) is 1. The summed E-state index contributed by atoms with van der Waals surface area (Å²) in [5.74, 6) is 0.0576. The van der Waals surface area contributed by atoms with Crippen LogP contribution >= 0.6 is 0 Å². The van der Waals surface area contributed by atoms with E-state index < -0.39 is 0 Å². The Labute approximate surface area is 140 Å². The van der Waals surface area contributed by atoms with E-state index in [2.05, 4.69) is 10.2 Å². The Morgan fingerprint density at radius 2 is 1.39 bits per heavy atom. The fourth-order valence-corrected chi connectivity index (χ4v) is 4.24. The molecule has 1 aromatic rings. The zero-order chi connectivity index (χ0) is 15.9.